The minimum atomic E-state index is -0.137. The smallest absolute Gasteiger partial charge is 0.126 e. The molecule has 2 rings (SSSR count). The highest BCUT2D eigenvalue weighted by atomic mass is 16.3. The second-order valence-corrected chi connectivity index (χ2v) is 3.84. The molecular formula is C10H15N3O. The van der Waals surface area contributed by atoms with Crippen LogP contribution in [-0.2, 0) is 0 Å². The lowest BCUT2D eigenvalue weighted by atomic mass is 9.89. The van der Waals surface area contributed by atoms with Crippen molar-refractivity contribution in [3.8, 4) is 0 Å². The monoisotopic (exact) mass is 193 g/mol. The van der Waals surface area contributed by atoms with Crippen molar-refractivity contribution in [3.63, 3.8) is 0 Å². The fraction of sp³-hybridized carbons (Fsp3) is 0.500. The SMILES string of the molecule is Cc1nc(NC2CC(O)C2)ccc1N. The molecule has 1 aliphatic carbocycles. The van der Waals surface area contributed by atoms with Crippen LogP contribution in [0.1, 0.15) is 18.5 Å². The minimum Gasteiger partial charge on any atom is -0.397 e. The third-order valence-corrected chi connectivity index (χ3v) is 2.59. The second kappa shape index (κ2) is 3.46. The molecule has 0 saturated heterocycles. The number of aliphatic hydroxyl groups is 1. The summed E-state index contributed by atoms with van der Waals surface area (Å²) in [5.41, 5.74) is 7.21. The van der Waals surface area contributed by atoms with Gasteiger partial charge in [-0.05, 0) is 31.9 Å². The standard InChI is InChI=1S/C10H15N3O/c1-6-9(11)2-3-10(12-6)13-7-4-8(14)5-7/h2-3,7-8,14H,4-5,11H2,1H3,(H,12,13). The van der Waals surface area contributed by atoms with Crippen LogP contribution in [0.5, 0.6) is 0 Å². The van der Waals surface area contributed by atoms with Gasteiger partial charge in [-0.25, -0.2) is 4.98 Å². The van der Waals surface area contributed by atoms with Gasteiger partial charge in [0.1, 0.15) is 5.82 Å². The quantitative estimate of drug-likeness (QED) is 0.652. The summed E-state index contributed by atoms with van der Waals surface area (Å²) in [5, 5.41) is 12.4. The van der Waals surface area contributed by atoms with E-state index in [2.05, 4.69) is 10.3 Å². The number of nitrogens with one attached hydrogen (secondary N) is 1. The zero-order chi connectivity index (χ0) is 10.1. The van der Waals surface area contributed by atoms with E-state index in [1.807, 2.05) is 19.1 Å². The lowest BCUT2D eigenvalue weighted by molar-refractivity contribution is 0.0835. The highest BCUT2D eigenvalue weighted by Crippen LogP contribution is 2.23. The van der Waals surface area contributed by atoms with Gasteiger partial charge in [-0.15, -0.1) is 0 Å². The average molecular weight is 193 g/mol. The molecule has 76 valence electrons. The number of hydrogen-bond acceptors (Lipinski definition) is 4. The fourth-order valence-corrected chi connectivity index (χ4v) is 1.57. The lowest BCUT2D eigenvalue weighted by Crippen LogP contribution is -2.39. The van der Waals surface area contributed by atoms with Crippen molar-refractivity contribution in [1.29, 1.82) is 0 Å². The first-order valence-electron chi connectivity index (χ1n) is 4.83. The molecule has 4 heteroatoms. The molecule has 1 aromatic heterocycles. The van der Waals surface area contributed by atoms with Crippen LogP contribution in [-0.4, -0.2) is 22.2 Å². The Bertz CT molecular complexity index is 334. The van der Waals surface area contributed by atoms with Crippen molar-refractivity contribution in [2.24, 2.45) is 0 Å². The van der Waals surface area contributed by atoms with Crippen LogP contribution in [0.2, 0.25) is 0 Å². The van der Waals surface area contributed by atoms with E-state index < -0.39 is 0 Å². The first kappa shape index (κ1) is 9.27. The molecule has 1 aromatic rings. The topological polar surface area (TPSA) is 71.2 Å². The van der Waals surface area contributed by atoms with Crippen molar-refractivity contribution in [2.45, 2.75) is 31.9 Å². The van der Waals surface area contributed by atoms with Gasteiger partial charge >= 0.3 is 0 Å². The number of aliphatic hydroxyl groups excluding tert-OH is 1. The number of nitrogens with two attached hydrogens (primary N) is 1. The molecule has 4 N–H and O–H groups in total. The summed E-state index contributed by atoms with van der Waals surface area (Å²) < 4.78 is 0. The summed E-state index contributed by atoms with van der Waals surface area (Å²) >= 11 is 0. The van der Waals surface area contributed by atoms with Gasteiger partial charge in [0.25, 0.3) is 0 Å². The molecule has 1 saturated carbocycles. The fourth-order valence-electron chi connectivity index (χ4n) is 1.57. The number of aryl methyl sites for hydroxylation is 1. The first-order valence-corrected chi connectivity index (χ1v) is 4.83. The molecular weight excluding hydrogens is 178 g/mol. The van der Waals surface area contributed by atoms with Gasteiger partial charge in [0, 0.05) is 6.04 Å². The zero-order valence-corrected chi connectivity index (χ0v) is 8.20. The van der Waals surface area contributed by atoms with E-state index in [9.17, 15) is 0 Å². The molecule has 0 aliphatic heterocycles. The number of rotatable bonds is 2. The van der Waals surface area contributed by atoms with Crippen LogP contribution in [0.15, 0.2) is 12.1 Å². The third kappa shape index (κ3) is 1.80. The Hall–Kier alpha value is -1.29. The van der Waals surface area contributed by atoms with Crippen molar-refractivity contribution in [1.82, 2.24) is 4.98 Å². The van der Waals surface area contributed by atoms with E-state index in [-0.39, 0.29) is 6.10 Å². The maximum atomic E-state index is 9.11. The van der Waals surface area contributed by atoms with Gasteiger partial charge in [-0.1, -0.05) is 0 Å². The molecule has 0 unspecified atom stereocenters. The summed E-state index contributed by atoms with van der Waals surface area (Å²) in [6.45, 7) is 1.89. The molecule has 1 aliphatic rings. The van der Waals surface area contributed by atoms with Crippen LogP contribution in [0.4, 0.5) is 11.5 Å². The Balaban J connectivity index is 2.00. The summed E-state index contributed by atoms with van der Waals surface area (Å²) in [4.78, 5) is 4.30. The molecule has 0 atom stereocenters. The van der Waals surface area contributed by atoms with E-state index in [0.29, 0.717) is 11.7 Å². The summed E-state index contributed by atoms with van der Waals surface area (Å²) in [7, 11) is 0. The molecule has 4 nitrogen and oxygen atoms in total. The number of aromatic nitrogens is 1. The first-order chi connectivity index (χ1) is 6.65. The molecule has 14 heavy (non-hydrogen) atoms. The maximum Gasteiger partial charge on any atom is 0.126 e. The highest BCUT2D eigenvalue weighted by molar-refractivity contribution is 5.49. The number of hydrogen-bond donors (Lipinski definition) is 3. The van der Waals surface area contributed by atoms with Gasteiger partial charge in [-0.3, -0.25) is 0 Å². The van der Waals surface area contributed by atoms with E-state index in [1.165, 1.54) is 0 Å². The van der Waals surface area contributed by atoms with Gasteiger partial charge in [0.05, 0.1) is 17.5 Å². The highest BCUT2D eigenvalue weighted by Gasteiger charge is 2.27. The zero-order valence-electron chi connectivity index (χ0n) is 8.20. The largest absolute Gasteiger partial charge is 0.397 e. The minimum absolute atomic E-state index is 0.137. The Kier molecular flexibility index (Phi) is 2.29. The summed E-state index contributed by atoms with van der Waals surface area (Å²) in [6.07, 6.45) is 1.48. The van der Waals surface area contributed by atoms with Crippen molar-refractivity contribution in [2.75, 3.05) is 11.1 Å². The normalized spacial score (nSPS) is 25.6. The Morgan fingerprint density at radius 1 is 1.50 bits per heavy atom. The maximum absolute atomic E-state index is 9.11. The van der Waals surface area contributed by atoms with Crippen molar-refractivity contribution < 1.29 is 5.11 Å². The van der Waals surface area contributed by atoms with Crippen LogP contribution in [0.3, 0.4) is 0 Å². The van der Waals surface area contributed by atoms with Crippen molar-refractivity contribution in [3.05, 3.63) is 17.8 Å². The predicted molar refractivity (Wildman–Crippen MR) is 56.0 cm³/mol. The van der Waals surface area contributed by atoms with E-state index >= 15 is 0 Å². The van der Waals surface area contributed by atoms with E-state index in [1.54, 1.807) is 0 Å². The number of anilines is 2. The number of pyridine rings is 1. The third-order valence-electron chi connectivity index (χ3n) is 2.59. The Morgan fingerprint density at radius 2 is 2.21 bits per heavy atom. The predicted octanol–water partition coefficient (Wildman–Crippen LogP) is 0.907. The molecule has 0 amide bonds. The summed E-state index contributed by atoms with van der Waals surface area (Å²) in [5.74, 6) is 0.841. The van der Waals surface area contributed by atoms with Crippen LogP contribution >= 0.6 is 0 Å². The lowest BCUT2D eigenvalue weighted by Gasteiger charge is -2.32. The van der Waals surface area contributed by atoms with Crippen LogP contribution in [0, 0.1) is 6.92 Å². The second-order valence-electron chi connectivity index (χ2n) is 3.84. The Labute approximate surface area is 83.2 Å². The average Bonchev–Trinajstić information content (AvgIpc) is 2.09. The van der Waals surface area contributed by atoms with Crippen molar-refractivity contribution >= 4 is 11.5 Å². The van der Waals surface area contributed by atoms with Gasteiger partial charge < -0.3 is 16.2 Å². The van der Waals surface area contributed by atoms with Crippen LogP contribution in [0.25, 0.3) is 0 Å². The molecule has 1 fully saturated rings. The molecule has 0 radical (unpaired) electrons. The van der Waals surface area contributed by atoms with E-state index in [4.69, 9.17) is 10.8 Å². The molecule has 1 heterocycles. The molecule has 0 bridgehead atoms. The van der Waals surface area contributed by atoms with Gasteiger partial charge in [0.2, 0.25) is 0 Å². The molecule has 0 aromatic carbocycles. The number of nitrogens with zero attached hydrogens (tertiary/aromatic N) is 1. The van der Waals surface area contributed by atoms with Crippen LogP contribution < -0.4 is 11.1 Å². The molecule has 0 spiro atoms. The Morgan fingerprint density at radius 3 is 2.79 bits per heavy atom. The summed E-state index contributed by atoms with van der Waals surface area (Å²) in [6, 6.07) is 4.08. The number of nitrogen functional groups attached to an aromatic ring is 1. The van der Waals surface area contributed by atoms with Gasteiger partial charge in [0.15, 0.2) is 0 Å². The van der Waals surface area contributed by atoms with E-state index in [0.717, 1.165) is 24.4 Å². The van der Waals surface area contributed by atoms with Gasteiger partial charge in [-0.2, -0.15) is 0 Å².